The lowest BCUT2D eigenvalue weighted by molar-refractivity contribution is -0.0658. The fourth-order valence-corrected chi connectivity index (χ4v) is 2.46. The zero-order valence-electron chi connectivity index (χ0n) is 7.24. The van der Waals surface area contributed by atoms with Crippen LogP contribution in [0, 0.1) is 0 Å². The average molecular weight is 221 g/mol. The van der Waals surface area contributed by atoms with E-state index in [9.17, 15) is 0 Å². The molecule has 1 nitrogen and oxygen atoms in total. The molecule has 2 heteroatoms. The highest BCUT2D eigenvalue weighted by molar-refractivity contribution is 9.09. The predicted octanol–water partition coefficient (Wildman–Crippen LogP) is 3.12. The molecule has 1 aliphatic heterocycles. The summed E-state index contributed by atoms with van der Waals surface area (Å²) < 4.78 is 5.81. The van der Waals surface area contributed by atoms with Crippen LogP contribution < -0.4 is 0 Å². The summed E-state index contributed by atoms with van der Waals surface area (Å²) in [6, 6.07) is 0. The number of halogens is 1. The van der Waals surface area contributed by atoms with Crippen molar-refractivity contribution in [2.24, 2.45) is 0 Å². The lowest BCUT2D eigenvalue weighted by Gasteiger charge is -2.35. The minimum atomic E-state index is 0.188. The molecule has 1 heterocycles. The van der Waals surface area contributed by atoms with Crippen LogP contribution in [-0.4, -0.2) is 17.5 Å². The Kier molecular flexibility index (Phi) is 3.86. The zero-order valence-corrected chi connectivity index (χ0v) is 8.82. The van der Waals surface area contributed by atoms with Crippen molar-refractivity contribution in [3.05, 3.63) is 0 Å². The van der Waals surface area contributed by atoms with E-state index >= 15 is 0 Å². The number of hydrogen-bond acceptors (Lipinski definition) is 1. The van der Waals surface area contributed by atoms with Crippen LogP contribution in [0.1, 0.15) is 39.0 Å². The van der Waals surface area contributed by atoms with Crippen LogP contribution in [0.4, 0.5) is 0 Å². The lowest BCUT2D eigenvalue weighted by Crippen LogP contribution is -2.37. The molecule has 0 amide bonds. The molecule has 0 radical (unpaired) electrons. The first-order chi connectivity index (χ1) is 5.33. The molecular formula is C9H17BrO. The Morgan fingerprint density at radius 2 is 2.27 bits per heavy atom. The monoisotopic (exact) mass is 220 g/mol. The predicted molar refractivity (Wildman–Crippen MR) is 51.2 cm³/mol. The van der Waals surface area contributed by atoms with Gasteiger partial charge in [-0.1, -0.05) is 29.3 Å². The molecule has 1 fully saturated rings. The summed E-state index contributed by atoms with van der Waals surface area (Å²) in [4.78, 5) is 0. The highest BCUT2D eigenvalue weighted by atomic mass is 79.9. The van der Waals surface area contributed by atoms with Crippen molar-refractivity contribution in [2.75, 3.05) is 11.9 Å². The molecule has 1 saturated heterocycles. The highest BCUT2D eigenvalue weighted by Crippen LogP contribution is 2.30. The molecule has 0 aromatic carbocycles. The van der Waals surface area contributed by atoms with E-state index in [0.717, 1.165) is 11.9 Å². The molecule has 0 aromatic heterocycles. The number of hydrogen-bond donors (Lipinski definition) is 0. The molecule has 1 unspecified atom stereocenters. The number of alkyl halides is 1. The molecule has 0 bridgehead atoms. The molecule has 66 valence electrons. The number of rotatable bonds is 3. The van der Waals surface area contributed by atoms with E-state index in [2.05, 4.69) is 22.9 Å². The SMILES string of the molecule is CCCC1(CBr)CCCCO1. The third-order valence-electron chi connectivity index (χ3n) is 2.38. The van der Waals surface area contributed by atoms with Gasteiger partial charge in [-0.3, -0.25) is 0 Å². The van der Waals surface area contributed by atoms with Crippen LogP contribution in [0.2, 0.25) is 0 Å². The summed E-state index contributed by atoms with van der Waals surface area (Å²) in [5.74, 6) is 0. The molecule has 0 spiro atoms. The molecular weight excluding hydrogens is 204 g/mol. The van der Waals surface area contributed by atoms with E-state index in [4.69, 9.17) is 4.74 Å². The first-order valence-corrected chi connectivity index (χ1v) is 5.65. The molecule has 11 heavy (non-hydrogen) atoms. The average Bonchev–Trinajstić information content (AvgIpc) is 2.07. The Balaban J connectivity index is 2.42. The van der Waals surface area contributed by atoms with Crippen molar-refractivity contribution < 1.29 is 4.74 Å². The summed E-state index contributed by atoms with van der Waals surface area (Å²) >= 11 is 3.54. The van der Waals surface area contributed by atoms with Gasteiger partial charge >= 0.3 is 0 Å². The van der Waals surface area contributed by atoms with Gasteiger partial charge in [0, 0.05) is 11.9 Å². The maximum atomic E-state index is 5.81. The Morgan fingerprint density at radius 3 is 2.73 bits per heavy atom. The topological polar surface area (TPSA) is 9.23 Å². The van der Waals surface area contributed by atoms with Gasteiger partial charge in [-0.05, 0) is 25.7 Å². The fourth-order valence-electron chi connectivity index (χ4n) is 1.74. The van der Waals surface area contributed by atoms with Gasteiger partial charge in [0.25, 0.3) is 0 Å². The maximum absolute atomic E-state index is 5.81. The van der Waals surface area contributed by atoms with Crippen LogP contribution in [-0.2, 0) is 4.74 Å². The Labute approximate surface area is 77.6 Å². The van der Waals surface area contributed by atoms with Gasteiger partial charge in [-0.15, -0.1) is 0 Å². The maximum Gasteiger partial charge on any atom is 0.0778 e. The highest BCUT2D eigenvalue weighted by Gasteiger charge is 2.30. The summed E-state index contributed by atoms with van der Waals surface area (Å²) in [5.41, 5.74) is 0.188. The largest absolute Gasteiger partial charge is 0.374 e. The van der Waals surface area contributed by atoms with Crippen molar-refractivity contribution >= 4 is 15.9 Å². The third kappa shape index (κ3) is 2.45. The first kappa shape index (κ1) is 9.53. The van der Waals surface area contributed by atoms with Crippen LogP contribution in [0.25, 0.3) is 0 Å². The molecule has 1 rings (SSSR count). The normalized spacial score (nSPS) is 32.2. The Hall–Kier alpha value is 0.440. The van der Waals surface area contributed by atoms with E-state index in [1.54, 1.807) is 0 Å². The van der Waals surface area contributed by atoms with Gasteiger partial charge in [0.05, 0.1) is 5.60 Å². The van der Waals surface area contributed by atoms with Gasteiger partial charge in [-0.25, -0.2) is 0 Å². The van der Waals surface area contributed by atoms with E-state index in [-0.39, 0.29) is 5.60 Å². The van der Waals surface area contributed by atoms with E-state index in [1.807, 2.05) is 0 Å². The van der Waals surface area contributed by atoms with Crippen molar-refractivity contribution in [1.29, 1.82) is 0 Å². The Morgan fingerprint density at radius 1 is 1.45 bits per heavy atom. The molecule has 1 aliphatic rings. The summed E-state index contributed by atoms with van der Waals surface area (Å²) in [7, 11) is 0. The van der Waals surface area contributed by atoms with Crippen LogP contribution in [0.3, 0.4) is 0 Å². The second-order valence-electron chi connectivity index (χ2n) is 3.37. The lowest BCUT2D eigenvalue weighted by atomic mass is 9.91. The summed E-state index contributed by atoms with van der Waals surface area (Å²) in [5, 5.41) is 1.01. The van der Waals surface area contributed by atoms with Crippen molar-refractivity contribution in [2.45, 2.75) is 44.6 Å². The van der Waals surface area contributed by atoms with Gasteiger partial charge in [0.15, 0.2) is 0 Å². The standard InChI is InChI=1S/C9H17BrO/c1-2-5-9(8-10)6-3-4-7-11-9/h2-8H2,1H3. The minimum absolute atomic E-state index is 0.188. The summed E-state index contributed by atoms with van der Waals surface area (Å²) in [6.07, 6.45) is 6.26. The zero-order chi connectivity index (χ0) is 8.16. The van der Waals surface area contributed by atoms with Crippen LogP contribution >= 0.6 is 15.9 Å². The minimum Gasteiger partial charge on any atom is -0.374 e. The molecule has 1 atom stereocenters. The summed E-state index contributed by atoms with van der Waals surface area (Å²) in [6.45, 7) is 3.19. The first-order valence-electron chi connectivity index (χ1n) is 4.53. The Bertz CT molecular complexity index is 103. The molecule has 0 N–H and O–H groups in total. The van der Waals surface area contributed by atoms with Crippen molar-refractivity contribution in [3.8, 4) is 0 Å². The smallest absolute Gasteiger partial charge is 0.0778 e. The quantitative estimate of drug-likeness (QED) is 0.665. The van der Waals surface area contributed by atoms with Gasteiger partial charge in [-0.2, -0.15) is 0 Å². The number of ether oxygens (including phenoxy) is 1. The molecule has 0 saturated carbocycles. The van der Waals surface area contributed by atoms with E-state index < -0.39 is 0 Å². The van der Waals surface area contributed by atoms with Crippen molar-refractivity contribution in [1.82, 2.24) is 0 Å². The van der Waals surface area contributed by atoms with Crippen LogP contribution in [0.15, 0.2) is 0 Å². The van der Waals surface area contributed by atoms with E-state index in [0.29, 0.717) is 0 Å². The van der Waals surface area contributed by atoms with Crippen LogP contribution in [0.5, 0.6) is 0 Å². The fraction of sp³-hybridized carbons (Fsp3) is 1.00. The third-order valence-corrected chi connectivity index (χ3v) is 3.41. The van der Waals surface area contributed by atoms with Gasteiger partial charge in [0.2, 0.25) is 0 Å². The van der Waals surface area contributed by atoms with E-state index in [1.165, 1.54) is 32.1 Å². The van der Waals surface area contributed by atoms with Gasteiger partial charge < -0.3 is 4.74 Å². The second kappa shape index (κ2) is 4.46. The molecule has 0 aliphatic carbocycles. The van der Waals surface area contributed by atoms with Gasteiger partial charge in [0.1, 0.15) is 0 Å². The molecule has 0 aromatic rings. The van der Waals surface area contributed by atoms with Crippen molar-refractivity contribution in [3.63, 3.8) is 0 Å². The second-order valence-corrected chi connectivity index (χ2v) is 3.93.